The summed E-state index contributed by atoms with van der Waals surface area (Å²) in [4.78, 5) is 14.0. The second-order valence-corrected chi connectivity index (χ2v) is 7.90. The highest BCUT2D eigenvalue weighted by Crippen LogP contribution is 2.25. The zero-order valence-electron chi connectivity index (χ0n) is 10.4. The molecule has 0 aliphatic carbocycles. The Morgan fingerprint density at radius 2 is 2.06 bits per heavy atom. The minimum Gasteiger partial charge on any atom is -0.338 e. The van der Waals surface area contributed by atoms with Gasteiger partial charge in [0.05, 0.1) is 8.45 Å². The average Bonchev–Trinajstić information content (AvgIpc) is 2.60. The van der Waals surface area contributed by atoms with Crippen LogP contribution in [-0.2, 0) is 0 Å². The fourth-order valence-electron chi connectivity index (χ4n) is 1.38. The summed E-state index contributed by atoms with van der Waals surface area (Å²) in [6.07, 6.45) is 0. The van der Waals surface area contributed by atoms with Gasteiger partial charge in [0.1, 0.15) is 0 Å². The van der Waals surface area contributed by atoms with Crippen LogP contribution in [0.5, 0.6) is 0 Å². The summed E-state index contributed by atoms with van der Waals surface area (Å²) in [6.45, 7) is 8.55. The Kier molecular flexibility index (Phi) is 4.40. The van der Waals surface area contributed by atoms with Gasteiger partial charge in [0.25, 0.3) is 5.91 Å². The minimum absolute atomic E-state index is 0.105. The van der Waals surface area contributed by atoms with Crippen molar-refractivity contribution in [2.75, 3.05) is 7.05 Å². The smallest absolute Gasteiger partial charge is 0.254 e. The molecule has 1 amide bonds. The van der Waals surface area contributed by atoms with E-state index in [1.165, 1.54) is 0 Å². The van der Waals surface area contributed by atoms with E-state index in [9.17, 15) is 4.79 Å². The van der Waals surface area contributed by atoms with Crippen molar-refractivity contribution in [3.8, 4) is 0 Å². The van der Waals surface area contributed by atoms with Crippen LogP contribution in [0.2, 0.25) is 0 Å². The van der Waals surface area contributed by atoms with Crippen LogP contribution in [-0.4, -0.2) is 23.9 Å². The summed E-state index contributed by atoms with van der Waals surface area (Å²) in [5.41, 5.74) is 0.904. The standard InChI is InChI=1S/C12H18INOS/c1-8(12(2,3)4)14(5)11(15)9-6-10(13)16-7-9/h6-8H,1-5H3. The molecule has 1 rings (SSSR count). The summed E-state index contributed by atoms with van der Waals surface area (Å²) < 4.78 is 1.15. The lowest BCUT2D eigenvalue weighted by Gasteiger charge is -2.35. The first-order chi connectivity index (χ1) is 7.23. The van der Waals surface area contributed by atoms with Crippen molar-refractivity contribution in [2.24, 2.45) is 5.41 Å². The van der Waals surface area contributed by atoms with Gasteiger partial charge in [0.2, 0.25) is 0 Å². The summed E-state index contributed by atoms with van der Waals surface area (Å²) in [7, 11) is 1.88. The SMILES string of the molecule is CC(N(C)C(=O)c1csc(I)c1)C(C)(C)C. The summed E-state index contributed by atoms with van der Waals surface area (Å²) in [5.74, 6) is 0.113. The fourth-order valence-corrected chi connectivity index (χ4v) is 2.70. The number of hydrogen-bond acceptors (Lipinski definition) is 2. The van der Waals surface area contributed by atoms with E-state index in [0.717, 1.165) is 8.45 Å². The van der Waals surface area contributed by atoms with Gasteiger partial charge >= 0.3 is 0 Å². The van der Waals surface area contributed by atoms with Gasteiger partial charge in [0.15, 0.2) is 0 Å². The quantitative estimate of drug-likeness (QED) is 0.741. The first-order valence-electron chi connectivity index (χ1n) is 5.24. The van der Waals surface area contributed by atoms with E-state index in [2.05, 4.69) is 50.3 Å². The Morgan fingerprint density at radius 1 is 1.50 bits per heavy atom. The molecule has 0 saturated heterocycles. The molecule has 16 heavy (non-hydrogen) atoms. The molecule has 90 valence electrons. The molecule has 1 aromatic heterocycles. The molecule has 0 aliphatic rings. The van der Waals surface area contributed by atoms with E-state index in [-0.39, 0.29) is 17.4 Å². The third kappa shape index (κ3) is 3.20. The van der Waals surface area contributed by atoms with Crippen molar-refractivity contribution in [1.82, 2.24) is 4.90 Å². The lowest BCUT2D eigenvalue weighted by atomic mass is 9.87. The molecule has 2 nitrogen and oxygen atoms in total. The van der Waals surface area contributed by atoms with Gasteiger partial charge in [-0.15, -0.1) is 11.3 Å². The number of carbonyl (C=O) groups excluding carboxylic acids is 1. The van der Waals surface area contributed by atoms with E-state index in [1.807, 2.05) is 23.4 Å². The van der Waals surface area contributed by atoms with Crippen molar-refractivity contribution in [1.29, 1.82) is 0 Å². The molecule has 1 heterocycles. The van der Waals surface area contributed by atoms with Crippen LogP contribution >= 0.6 is 33.9 Å². The highest BCUT2D eigenvalue weighted by molar-refractivity contribution is 14.1. The molecule has 0 bridgehead atoms. The molecule has 0 N–H and O–H groups in total. The van der Waals surface area contributed by atoms with E-state index in [0.29, 0.717) is 0 Å². The van der Waals surface area contributed by atoms with Crippen LogP contribution in [0, 0.1) is 8.30 Å². The largest absolute Gasteiger partial charge is 0.338 e. The number of rotatable bonds is 2. The molecule has 1 atom stereocenters. The summed E-state index contributed by atoms with van der Waals surface area (Å²) in [6, 6.07) is 2.16. The van der Waals surface area contributed by atoms with Crippen LogP contribution in [0.1, 0.15) is 38.1 Å². The van der Waals surface area contributed by atoms with E-state index in [1.54, 1.807) is 11.3 Å². The molecular weight excluding hydrogens is 333 g/mol. The number of carbonyl (C=O) groups is 1. The Labute approximate surface area is 115 Å². The van der Waals surface area contributed by atoms with Crippen LogP contribution in [0.4, 0.5) is 0 Å². The second kappa shape index (κ2) is 5.04. The number of halogens is 1. The van der Waals surface area contributed by atoms with Crippen molar-refractivity contribution in [3.63, 3.8) is 0 Å². The van der Waals surface area contributed by atoms with Crippen molar-refractivity contribution in [3.05, 3.63) is 19.9 Å². The van der Waals surface area contributed by atoms with Gasteiger partial charge in [-0.2, -0.15) is 0 Å². The predicted molar refractivity (Wildman–Crippen MR) is 78.0 cm³/mol. The van der Waals surface area contributed by atoms with Gasteiger partial charge in [-0.25, -0.2) is 0 Å². The third-order valence-electron chi connectivity index (χ3n) is 2.97. The maximum absolute atomic E-state index is 12.2. The normalized spacial score (nSPS) is 13.6. The molecule has 0 spiro atoms. The minimum atomic E-state index is 0.105. The Morgan fingerprint density at radius 3 is 2.44 bits per heavy atom. The molecule has 0 saturated carbocycles. The van der Waals surface area contributed by atoms with Crippen LogP contribution in [0.3, 0.4) is 0 Å². The maximum atomic E-state index is 12.2. The Bertz CT molecular complexity index is 381. The summed E-state index contributed by atoms with van der Waals surface area (Å²) in [5, 5.41) is 1.93. The molecule has 0 aromatic carbocycles. The molecular formula is C12H18INOS. The fraction of sp³-hybridized carbons (Fsp3) is 0.583. The van der Waals surface area contributed by atoms with Gasteiger partial charge in [-0.1, -0.05) is 20.8 Å². The zero-order valence-corrected chi connectivity index (χ0v) is 13.3. The molecule has 0 radical (unpaired) electrons. The van der Waals surface area contributed by atoms with E-state index >= 15 is 0 Å². The number of hydrogen-bond donors (Lipinski definition) is 0. The number of nitrogens with zero attached hydrogens (tertiary/aromatic N) is 1. The lowest BCUT2D eigenvalue weighted by Crippen LogP contribution is -2.42. The Hall–Kier alpha value is -0.100. The predicted octanol–water partition coefficient (Wildman–Crippen LogP) is 3.86. The number of amides is 1. The monoisotopic (exact) mass is 351 g/mol. The molecule has 0 fully saturated rings. The van der Waals surface area contributed by atoms with Crippen LogP contribution in [0.15, 0.2) is 11.4 Å². The Balaban J connectivity index is 2.83. The first kappa shape index (κ1) is 14.0. The zero-order chi connectivity index (χ0) is 12.5. The molecule has 1 unspecified atom stereocenters. The molecule has 1 aromatic rings. The van der Waals surface area contributed by atoms with Gasteiger partial charge in [0, 0.05) is 18.5 Å². The summed E-state index contributed by atoms with van der Waals surface area (Å²) >= 11 is 3.85. The van der Waals surface area contributed by atoms with Crippen molar-refractivity contribution < 1.29 is 4.79 Å². The van der Waals surface area contributed by atoms with Crippen molar-refractivity contribution in [2.45, 2.75) is 33.7 Å². The second-order valence-electron chi connectivity index (χ2n) is 5.10. The number of thiophene rings is 1. The molecule has 0 aliphatic heterocycles. The van der Waals surface area contributed by atoms with Crippen LogP contribution in [0.25, 0.3) is 0 Å². The van der Waals surface area contributed by atoms with Crippen molar-refractivity contribution >= 4 is 39.8 Å². The van der Waals surface area contributed by atoms with Crippen LogP contribution < -0.4 is 0 Å². The van der Waals surface area contributed by atoms with E-state index in [4.69, 9.17) is 0 Å². The average molecular weight is 351 g/mol. The maximum Gasteiger partial charge on any atom is 0.254 e. The van der Waals surface area contributed by atoms with Gasteiger partial charge in [-0.05, 0) is 41.0 Å². The molecule has 4 heteroatoms. The highest BCUT2D eigenvalue weighted by Gasteiger charge is 2.27. The topological polar surface area (TPSA) is 20.3 Å². The highest BCUT2D eigenvalue weighted by atomic mass is 127. The lowest BCUT2D eigenvalue weighted by molar-refractivity contribution is 0.0630. The van der Waals surface area contributed by atoms with Gasteiger partial charge < -0.3 is 4.90 Å². The van der Waals surface area contributed by atoms with Gasteiger partial charge in [-0.3, -0.25) is 4.79 Å². The van der Waals surface area contributed by atoms with E-state index < -0.39 is 0 Å². The third-order valence-corrected chi connectivity index (χ3v) is 4.76. The first-order valence-corrected chi connectivity index (χ1v) is 7.20.